The molecule has 3 N–H and O–H groups in total. The number of rotatable bonds is 5. The summed E-state index contributed by atoms with van der Waals surface area (Å²) in [6.45, 7) is 4.76. The van der Waals surface area contributed by atoms with Gasteiger partial charge in [0.1, 0.15) is 5.82 Å². The first-order valence-electron chi connectivity index (χ1n) is 6.83. The van der Waals surface area contributed by atoms with Crippen LogP contribution in [0.25, 0.3) is 0 Å². The van der Waals surface area contributed by atoms with E-state index in [-0.39, 0.29) is 11.7 Å². The minimum absolute atomic E-state index is 0.252. The van der Waals surface area contributed by atoms with E-state index in [2.05, 4.69) is 10.4 Å². The van der Waals surface area contributed by atoms with Crippen LogP contribution in [0.2, 0.25) is 0 Å². The molecule has 0 fully saturated rings. The van der Waals surface area contributed by atoms with Gasteiger partial charge in [0, 0.05) is 17.9 Å². The van der Waals surface area contributed by atoms with Crippen molar-refractivity contribution in [3.05, 3.63) is 47.0 Å². The van der Waals surface area contributed by atoms with E-state index in [0.29, 0.717) is 29.9 Å². The van der Waals surface area contributed by atoms with E-state index in [1.54, 1.807) is 17.7 Å². The minimum atomic E-state index is -0.293. The summed E-state index contributed by atoms with van der Waals surface area (Å²) in [5, 5.41) is 6.94. The number of aryl methyl sites for hydroxylation is 2. The van der Waals surface area contributed by atoms with Crippen LogP contribution in [0.1, 0.15) is 28.0 Å². The van der Waals surface area contributed by atoms with E-state index in [0.717, 1.165) is 12.1 Å². The number of aromatic nitrogens is 2. The third-order valence-electron chi connectivity index (χ3n) is 3.34. The van der Waals surface area contributed by atoms with Crippen molar-refractivity contribution >= 4 is 11.6 Å². The summed E-state index contributed by atoms with van der Waals surface area (Å²) in [4.78, 5) is 12.2. The third kappa shape index (κ3) is 3.46. The number of amides is 1. The Morgan fingerprint density at radius 1 is 1.43 bits per heavy atom. The molecule has 2 aromatic rings. The SMILES string of the molecule is Cc1cc(NC(=O)c2cnn(CCCN)c2C)ccc1F. The topological polar surface area (TPSA) is 72.9 Å². The van der Waals surface area contributed by atoms with E-state index in [1.807, 2.05) is 6.92 Å². The lowest BCUT2D eigenvalue weighted by Gasteiger charge is -2.07. The fraction of sp³-hybridized carbons (Fsp3) is 0.333. The first kappa shape index (κ1) is 15.2. The lowest BCUT2D eigenvalue weighted by molar-refractivity contribution is 0.102. The fourth-order valence-corrected chi connectivity index (χ4v) is 2.06. The maximum absolute atomic E-state index is 13.2. The Morgan fingerprint density at radius 2 is 2.19 bits per heavy atom. The number of hydrogen-bond acceptors (Lipinski definition) is 3. The number of nitrogens with two attached hydrogens (primary N) is 1. The average Bonchev–Trinajstić information content (AvgIpc) is 2.82. The zero-order chi connectivity index (χ0) is 15.4. The van der Waals surface area contributed by atoms with Crippen molar-refractivity contribution in [1.29, 1.82) is 0 Å². The number of anilines is 1. The summed E-state index contributed by atoms with van der Waals surface area (Å²) in [7, 11) is 0. The van der Waals surface area contributed by atoms with Crippen molar-refractivity contribution in [1.82, 2.24) is 9.78 Å². The summed E-state index contributed by atoms with van der Waals surface area (Å²) < 4.78 is 15.0. The van der Waals surface area contributed by atoms with Gasteiger partial charge in [-0.3, -0.25) is 9.48 Å². The monoisotopic (exact) mass is 290 g/mol. The zero-order valence-electron chi connectivity index (χ0n) is 12.2. The molecule has 1 amide bonds. The van der Waals surface area contributed by atoms with Gasteiger partial charge in [0.25, 0.3) is 5.91 Å². The molecule has 0 aliphatic carbocycles. The first-order chi connectivity index (χ1) is 10.0. The number of benzene rings is 1. The molecule has 0 saturated heterocycles. The van der Waals surface area contributed by atoms with E-state index < -0.39 is 0 Å². The number of halogens is 1. The lowest BCUT2D eigenvalue weighted by Crippen LogP contribution is -2.14. The number of carbonyl (C=O) groups is 1. The van der Waals surface area contributed by atoms with Crippen molar-refractivity contribution in [2.45, 2.75) is 26.8 Å². The summed E-state index contributed by atoms with van der Waals surface area (Å²) in [6, 6.07) is 4.47. The second-order valence-corrected chi connectivity index (χ2v) is 4.93. The van der Waals surface area contributed by atoms with Crippen LogP contribution in [0, 0.1) is 19.7 Å². The van der Waals surface area contributed by atoms with Gasteiger partial charge < -0.3 is 11.1 Å². The molecule has 0 unspecified atom stereocenters. The highest BCUT2D eigenvalue weighted by Crippen LogP contribution is 2.16. The quantitative estimate of drug-likeness (QED) is 0.887. The molecule has 6 heteroatoms. The molecule has 0 radical (unpaired) electrons. The molecule has 0 aliphatic rings. The molecule has 0 aliphatic heterocycles. The summed E-state index contributed by atoms with van der Waals surface area (Å²) in [5.41, 5.74) is 7.82. The summed E-state index contributed by atoms with van der Waals surface area (Å²) in [5.74, 6) is -0.545. The molecule has 0 saturated carbocycles. The number of carbonyl (C=O) groups excluding carboxylic acids is 1. The maximum Gasteiger partial charge on any atom is 0.259 e. The largest absolute Gasteiger partial charge is 0.330 e. The van der Waals surface area contributed by atoms with Crippen molar-refractivity contribution in [2.75, 3.05) is 11.9 Å². The Morgan fingerprint density at radius 3 is 2.86 bits per heavy atom. The van der Waals surface area contributed by atoms with Gasteiger partial charge in [0.2, 0.25) is 0 Å². The van der Waals surface area contributed by atoms with E-state index in [4.69, 9.17) is 5.73 Å². The molecule has 2 rings (SSSR count). The van der Waals surface area contributed by atoms with Gasteiger partial charge >= 0.3 is 0 Å². The molecule has 0 atom stereocenters. The van der Waals surface area contributed by atoms with E-state index in [9.17, 15) is 9.18 Å². The van der Waals surface area contributed by atoms with Crippen LogP contribution in [0.4, 0.5) is 10.1 Å². The van der Waals surface area contributed by atoms with Crippen LogP contribution in [-0.2, 0) is 6.54 Å². The highest BCUT2D eigenvalue weighted by Gasteiger charge is 2.14. The minimum Gasteiger partial charge on any atom is -0.330 e. The molecule has 1 aromatic heterocycles. The number of nitrogens with one attached hydrogen (secondary N) is 1. The van der Waals surface area contributed by atoms with Crippen LogP contribution in [0.15, 0.2) is 24.4 Å². The highest BCUT2D eigenvalue weighted by atomic mass is 19.1. The zero-order valence-corrected chi connectivity index (χ0v) is 12.2. The van der Waals surface area contributed by atoms with Crippen molar-refractivity contribution in [3.8, 4) is 0 Å². The summed E-state index contributed by atoms with van der Waals surface area (Å²) >= 11 is 0. The van der Waals surface area contributed by atoms with E-state index >= 15 is 0 Å². The predicted molar refractivity (Wildman–Crippen MR) is 79.7 cm³/mol. The van der Waals surface area contributed by atoms with Crippen LogP contribution in [0.3, 0.4) is 0 Å². The van der Waals surface area contributed by atoms with Crippen LogP contribution < -0.4 is 11.1 Å². The molecule has 5 nitrogen and oxygen atoms in total. The molecule has 1 aromatic carbocycles. The van der Waals surface area contributed by atoms with Gasteiger partial charge in [-0.1, -0.05) is 0 Å². The van der Waals surface area contributed by atoms with Crippen molar-refractivity contribution in [2.24, 2.45) is 5.73 Å². The number of nitrogens with zero attached hydrogens (tertiary/aromatic N) is 2. The van der Waals surface area contributed by atoms with Crippen LogP contribution >= 0.6 is 0 Å². The van der Waals surface area contributed by atoms with Crippen molar-refractivity contribution < 1.29 is 9.18 Å². The van der Waals surface area contributed by atoms with Crippen LogP contribution in [0.5, 0.6) is 0 Å². The van der Waals surface area contributed by atoms with Crippen molar-refractivity contribution in [3.63, 3.8) is 0 Å². The van der Waals surface area contributed by atoms with Gasteiger partial charge in [0.15, 0.2) is 0 Å². The molecule has 112 valence electrons. The second kappa shape index (κ2) is 6.49. The molecule has 0 spiro atoms. The first-order valence-corrected chi connectivity index (χ1v) is 6.83. The molecular weight excluding hydrogens is 271 g/mol. The standard InChI is InChI=1S/C15H19FN4O/c1-10-8-12(4-5-14(10)16)19-15(21)13-9-18-20(11(13)2)7-3-6-17/h4-5,8-9H,3,6-7,17H2,1-2H3,(H,19,21). The molecule has 1 heterocycles. The number of hydrogen-bond donors (Lipinski definition) is 2. The summed E-state index contributed by atoms with van der Waals surface area (Å²) in [6.07, 6.45) is 2.35. The molecule has 0 bridgehead atoms. The molecular formula is C15H19FN4O. The van der Waals surface area contributed by atoms with Gasteiger partial charge in [-0.15, -0.1) is 0 Å². The van der Waals surface area contributed by atoms with Gasteiger partial charge in [-0.05, 0) is 50.6 Å². The highest BCUT2D eigenvalue weighted by molar-refractivity contribution is 6.04. The lowest BCUT2D eigenvalue weighted by atomic mass is 10.2. The predicted octanol–water partition coefficient (Wildman–Crippen LogP) is 2.24. The third-order valence-corrected chi connectivity index (χ3v) is 3.34. The van der Waals surface area contributed by atoms with Gasteiger partial charge in [0.05, 0.1) is 11.8 Å². The van der Waals surface area contributed by atoms with E-state index in [1.165, 1.54) is 18.3 Å². The normalized spacial score (nSPS) is 10.7. The molecule has 21 heavy (non-hydrogen) atoms. The Balaban J connectivity index is 2.13. The van der Waals surface area contributed by atoms with Gasteiger partial charge in [-0.2, -0.15) is 5.10 Å². The second-order valence-electron chi connectivity index (χ2n) is 4.93. The Kier molecular flexibility index (Phi) is 4.70. The fourth-order valence-electron chi connectivity index (χ4n) is 2.06. The Bertz CT molecular complexity index is 651. The Hall–Kier alpha value is -2.21. The smallest absolute Gasteiger partial charge is 0.259 e. The Labute approximate surface area is 123 Å². The average molecular weight is 290 g/mol. The van der Waals surface area contributed by atoms with Crippen LogP contribution in [-0.4, -0.2) is 22.2 Å². The van der Waals surface area contributed by atoms with Gasteiger partial charge in [-0.25, -0.2) is 4.39 Å². The maximum atomic E-state index is 13.2.